The van der Waals surface area contributed by atoms with E-state index in [1.807, 2.05) is 0 Å². The summed E-state index contributed by atoms with van der Waals surface area (Å²) >= 11 is 5.82. The van der Waals surface area contributed by atoms with Crippen LogP contribution in [0.15, 0.2) is 48.7 Å². The molecule has 3 rings (SSSR count). The molecule has 11 heteroatoms. The molecule has 0 fully saturated rings. The minimum atomic E-state index is -4.92. The number of nitrogens with one attached hydrogen (secondary N) is 1. The summed E-state index contributed by atoms with van der Waals surface area (Å²) in [7, 11) is 0. The molecular weight excluding hydrogens is 416 g/mol. The predicted octanol–water partition coefficient (Wildman–Crippen LogP) is 4.03. The van der Waals surface area contributed by atoms with Crippen LogP contribution in [0.4, 0.5) is 23.2 Å². The lowest BCUT2D eigenvalue weighted by Gasteiger charge is -2.13. The van der Waals surface area contributed by atoms with Gasteiger partial charge in [-0.2, -0.15) is 18.3 Å². The van der Waals surface area contributed by atoms with Gasteiger partial charge in [-0.3, -0.25) is 9.59 Å². The zero-order valence-corrected chi connectivity index (χ0v) is 15.1. The first-order valence-corrected chi connectivity index (χ1v) is 8.27. The molecule has 0 aliphatic heterocycles. The second-order valence-electron chi connectivity index (χ2n) is 5.81. The number of alkyl halides is 3. The minimum absolute atomic E-state index is 0.00155. The van der Waals surface area contributed by atoms with Crippen molar-refractivity contribution < 1.29 is 27.2 Å². The number of aromatic nitrogens is 2. The van der Waals surface area contributed by atoms with Crippen LogP contribution in [0.5, 0.6) is 0 Å². The third-order valence-corrected chi connectivity index (χ3v) is 4.06. The van der Waals surface area contributed by atoms with Gasteiger partial charge in [-0.15, -0.1) is 0 Å². The van der Waals surface area contributed by atoms with Gasteiger partial charge in [-0.25, -0.2) is 9.07 Å². The number of hydrogen-bond donors (Lipinski definition) is 2. The zero-order chi connectivity index (χ0) is 21.3. The number of amides is 2. The second kappa shape index (κ2) is 7.55. The molecule has 0 spiro atoms. The van der Waals surface area contributed by atoms with E-state index < -0.39 is 40.6 Å². The smallest absolute Gasteiger partial charge is 0.366 e. The van der Waals surface area contributed by atoms with Crippen molar-refractivity contribution in [1.29, 1.82) is 0 Å². The number of anilines is 1. The Bertz CT molecular complexity index is 1110. The van der Waals surface area contributed by atoms with Crippen LogP contribution in [0.1, 0.15) is 26.4 Å². The average Bonchev–Trinajstić information content (AvgIpc) is 3.09. The van der Waals surface area contributed by atoms with Crippen LogP contribution in [-0.4, -0.2) is 21.6 Å². The summed E-state index contributed by atoms with van der Waals surface area (Å²) in [5.74, 6) is -3.18. The summed E-state index contributed by atoms with van der Waals surface area (Å²) in [5.41, 5.74) is 2.29. The Balaban J connectivity index is 2.02. The number of carbonyl (C=O) groups is 2. The third-order valence-electron chi connectivity index (χ3n) is 3.82. The summed E-state index contributed by atoms with van der Waals surface area (Å²) in [4.78, 5) is 23.7. The maximum absolute atomic E-state index is 13.7. The first-order valence-electron chi connectivity index (χ1n) is 7.90. The van der Waals surface area contributed by atoms with Gasteiger partial charge in [0.25, 0.3) is 11.8 Å². The van der Waals surface area contributed by atoms with Crippen molar-refractivity contribution in [2.75, 3.05) is 5.32 Å². The van der Waals surface area contributed by atoms with Gasteiger partial charge in [0.15, 0.2) is 5.69 Å². The van der Waals surface area contributed by atoms with Crippen molar-refractivity contribution in [2.45, 2.75) is 6.18 Å². The lowest BCUT2D eigenvalue weighted by Crippen LogP contribution is -2.21. The number of hydrogen-bond acceptors (Lipinski definition) is 3. The van der Waals surface area contributed by atoms with Crippen LogP contribution in [0, 0.1) is 5.82 Å². The summed E-state index contributed by atoms with van der Waals surface area (Å²) in [6.45, 7) is 0. The predicted molar refractivity (Wildman–Crippen MR) is 96.4 cm³/mol. The molecule has 0 atom stereocenters. The Kier molecular flexibility index (Phi) is 5.29. The van der Waals surface area contributed by atoms with Gasteiger partial charge in [-0.05, 0) is 36.4 Å². The normalized spacial score (nSPS) is 11.3. The van der Waals surface area contributed by atoms with E-state index in [-0.39, 0.29) is 16.4 Å². The lowest BCUT2D eigenvalue weighted by atomic mass is 10.1. The molecule has 6 nitrogen and oxygen atoms in total. The van der Waals surface area contributed by atoms with E-state index in [9.17, 15) is 27.2 Å². The number of rotatable bonds is 4. The Labute approximate surface area is 165 Å². The fraction of sp³-hybridized carbons (Fsp3) is 0.0556. The number of carbonyl (C=O) groups excluding carboxylic acids is 2. The van der Waals surface area contributed by atoms with Crippen LogP contribution in [0.25, 0.3) is 5.69 Å². The van der Waals surface area contributed by atoms with E-state index >= 15 is 0 Å². The van der Waals surface area contributed by atoms with E-state index in [0.717, 1.165) is 24.4 Å². The van der Waals surface area contributed by atoms with Crippen LogP contribution < -0.4 is 11.1 Å². The van der Waals surface area contributed by atoms with E-state index in [1.54, 1.807) is 0 Å². The highest BCUT2D eigenvalue weighted by atomic mass is 35.5. The molecular formula is C18H11ClF4N4O2. The first kappa shape index (κ1) is 20.3. The van der Waals surface area contributed by atoms with E-state index in [4.69, 9.17) is 17.3 Å². The van der Waals surface area contributed by atoms with Gasteiger partial charge < -0.3 is 11.1 Å². The molecule has 2 amide bonds. The van der Waals surface area contributed by atoms with Gasteiger partial charge >= 0.3 is 6.18 Å². The number of nitrogens with zero attached hydrogens (tertiary/aromatic N) is 2. The summed E-state index contributed by atoms with van der Waals surface area (Å²) in [6, 6.07) is 8.36. The van der Waals surface area contributed by atoms with Crippen molar-refractivity contribution in [2.24, 2.45) is 5.73 Å². The highest BCUT2D eigenvalue weighted by Crippen LogP contribution is 2.34. The monoisotopic (exact) mass is 426 g/mol. The average molecular weight is 427 g/mol. The highest BCUT2D eigenvalue weighted by molar-refractivity contribution is 6.30. The molecule has 0 bridgehead atoms. The fourth-order valence-corrected chi connectivity index (χ4v) is 2.77. The number of primary amides is 1. The molecule has 0 saturated carbocycles. The topological polar surface area (TPSA) is 90.0 Å². The summed E-state index contributed by atoms with van der Waals surface area (Å²) < 4.78 is 55.1. The number of nitrogens with two attached hydrogens (primary N) is 1. The molecule has 2 aromatic carbocycles. The molecule has 29 heavy (non-hydrogen) atoms. The quantitative estimate of drug-likeness (QED) is 0.617. The fourth-order valence-electron chi connectivity index (χ4n) is 2.58. The van der Waals surface area contributed by atoms with Crippen LogP contribution in [-0.2, 0) is 6.18 Å². The molecule has 3 aromatic rings. The largest absolute Gasteiger partial charge is 0.434 e. The van der Waals surface area contributed by atoms with E-state index in [0.29, 0.717) is 4.68 Å². The second-order valence-corrected chi connectivity index (χ2v) is 6.25. The highest BCUT2D eigenvalue weighted by Gasteiger charge is 2.40. The molecule has 150 valence electrons. The lowest BCUT2D eigenvalue weighted by molar-refractivity contribution is -0.143. The van der Waals surface area contributed by atoms with Crippen molar-refractivity contribution in [3.05, 3.63) is 76.3 Å². The Morgan fingerprint density at radius 1 is 1.10 bits per heavy atom. The molecule has 0 aliphatic carbocycles. The number of benzene rings is 2. The van der Waals surface area contributed by atoms with Crippen LogP contribution in [0.3, 0.4) is 0 Å². The summed E-state index contributed by atoms with van der Waals surface area (Å²) in [5, 5.41) is 6.02. The molecule has 0 saturated heterocycles. The molecule has 0 unspecified atom stereocenters. The number of halogens is 5. The van der Waals surface area contributed by atoms with Gasteiger partial charge in [0, 0.05) is 10.7 Å². The first-order chi connectivity index (χ1) is 13.6. The maximum Gasteiger partial charge on any atom is 0.434 e. The van der Waals surface area contributed by atoms with Crippen molar-refractivity contribution in [3.63, 3.8) is 0 Å². The third kappa shape index (κ3) is 4.21. The van der Waals surface area contributed by atoms with Crippen molar-refractivity contribution >= 4 is 29.1 Å². The Morgan fingerprint density at radius 3 is 2.45 bits per heavy atom. The maximum atomic E-state index is 13.7. The van der Waals surface area contributed by atoms with Crippen molar-refractivity contribution in [1.82, 2.24) is 9.78 Å². The molecule has 0 radical (unpaired) electrons. The van der Waals surface area contributed by atoms with Crippen molar-refractivity contribution in [3.8, 4) is 5.69 Å². The minimum Gasteiger partial charge on any atom is -0.366 e. The Morgan fingerprint density at radius 2 is 1.83 bits per heavy atom. The zero-order valence-electron chi connectivity index (χ0n) is 14.3. The molecule has 1 heterocycles. The van der Waals surface area contributed by atoms with Crippen LogP contribution in [0.2, 0.25) is 5.02 Å². The van der Waals surface area contributed by atoms with E-state index in [2.05, 4.69) is 10.4 Å². The standard InChI is InChI=1S/C18H11ClF4N4O2/c19-9-2-1-3-11(6-9)27-15(18(21,22)23)13(8-25-27)17(29)26-10-4-5-14(20)12(7-10)16(24)28/h1-8H,(H2,24,28)(H,26,29). The molecule has 3 N–H and O–H groups in total. The van der Waals surface area contributed by atoms with Crippen LogP contribution >= 0.6 is 11.6 Å². The van der Waals surface area contributed by atoms with Gasteiger partial charge in [-0.1, -0.05) is 17.7 Å². The SMILES string of the molecule is NC(=O)c1cc(NC(=O)c2cnn(-c3cccc(Cl)c3)c2C(F)(F)F)ccc1F. The van der Waals surface area contributed by atoms with Gasteiger partial charge in [0.1, 0.15) is 5.82 Å². The molecule has 0 aliphatic rings. The van der Waals surface area contributed by atoms with Gasteiger partial charge in [0.2, 0.25) is 0 Å². The van der Waals surface area contributed by atoms with Gasteiger partial charge in [0.05, 0.1) is 23.0 Å². The Hall–Kier alpha value is -3.40. The molecule has 1 aromatic heterocycles. The summed E-state index contributed by atoms with van der Waals surface area (Å²) in [6.07, 6.45) is -4.18. The van der Waals surface area contributed by atoms with E-state index in [1.165, 1.54) is 24.3 Å².